The molecule has 0 saturated heterocycles. The van der Waals surface area contributed by atoms with Gasteiger partial charge in [-0.2, -0.15) is 0 Å². The summed E-state index contributed by atoms with van der Waals surface area (Å²) >= 11 is 1.10. The minimum absolute atomic E-state index is 0.237. The van der Waals surface area contributed by atoms with Gasteiger partial charge in [0.05, 0.1) is 4.90 Å². The highest BCUT2D eigenvalue weighted by Crippen LogP contribution is 2.30. The molecule has 0 spiro atoms. The van der Waals surface area contributed by atoms with Gasteiger partial charge in [0, 0.05) is 13.1 Å². The van der Waals surface area contributed by atoms with Crippen molar-refractivity contribution >= 4 is 11.8 Å². The van der Waals surface area contributed by atoms with E-state index in [2.05, 4.69) is 10.2 Å². The smallest absolute Gasteiger partial charge is 0.326 e. The summed E-state index contributed by atoms with van der Waals surface area (Å²) in [5.74, 6) is -0.360. The van der Waals surface area contributed by atoms with Crippen LogP contribution in [0.1, 0.15) is 12.5 Å². The second-order valence-electron chi connectivity index (χ2n) is 3.59. The van der Waals surface area contributed by atoms with Gasteiger partial charge in [-0.1, -0.05) is 12.1 Å². The Bertz CT molecular complexity index is 607. The molecule has 1 heterocycles. The van der Waals surface area contributed by atoms with Gasteiger partial charge >= 0.3 is 5.69 Å². The predicted octanol–water partition coefficient (Wildman–Crippen LogP) is 1.34. The van der Waals surface area contributed by atoms with Crippen LogP contribution in [0.25, 0.3) is 0 Å². The van der Waals surface area contributed by atoms with Gasteiger partial charge in [0.25, 0.3) is 0 Å². The molecule has 0 aliphatic heterocycles. The summed E-state index contributed by atoms with van der Waals surface area (Å²) in [6.45, 7) is 2.54. The fourth-order valence-electron chi connectivity index (χ4n) is 1.58. The second kappa shape index (κ2) is 5.36. The third-order valence-electron chi connectivity index (χ3n) is 2.50. The van der Waals surface area contributed by atoms with E-state index in [-0.39, 0.29) is 18.1 Å². The van der Waals surface area contributed by atoms with E-state index in [0.717, 1.165) is 11.8 Å². The van der Waals surface area contributed by atoms with Gasteiger partial charge in [0.1, 0.15) is 5.82 Å². The summed E-state index contributed by atoms with van der Waals surface area (Å²) in [4.78, 5) is 11.8. The molecular formula is C11H13FN4OS. The summed E-state index contributed by atoms with van der Waals surface area (Å²) < 4.78 is 15.2. The summed E-state index contributed by atoms with van der Waals surface area (Å²) in [6, 6.07) is 4.73. The predicted molar refractivity (Wildman–Crippen MR) is 66.9 cm³/mol. The average molecular weight is 268 g/mol. The van der Waals surface area contributed by atoms with Crippen LogP contribution in [0.5, 0.6) is 0 Å². The second-order valence-corrected chi connectivity index (χ2v) is 4.57. The first-order chi connectivity index (χ1) is 8.67. The number of rotatable bonds is 4. The lowest BCUT2D eigenvalue weighted by Gasteiger charge is -2.08. The summed E-state index contributed by atoms with van der Waals surface area (Å²) in [6.07, 6.45) is 0. The lowest BCUT2D eigenvalue weighted by molar-refractivity contribution is 0.595. The molecule has 0 aliphatic rings. The molecule has 0 aliphatic carbocycles. The highest BCUT2D eigenvalue weighted by atomic mass is 32.2. The van der Waals surface area contributed by atoms with Crippen molar-refractivity contribution in [1.29, 1.82) is 0 Å². The molecule has 2 aromatic rings. The SMILES string of the molecule is CCn1c(Sc2c(F)cccc2CN)n[nH]c1=O. The van der Waals surface area contributed by atoms with Crippen LogP contribution in [0.15, 0.2) is 33.0 Å². The molecule has 1 aromatic carbocycles. The molecule has 7 heteroatoms. The Kier molecular flexibility index (Phi) is 3.83. The number of hydrogen-bond donors (Lipinski definition) is 2. The van der Waals surface area contributed by atoms with Crippen molar-refractivity contribution in [1.82, 2.24) is 14.8 Å². The third kappa shape index (κ3) is 2.32. The van der Waals surface area contributed by atoms with Crippen LogP contribution in [-0.2, 0) is 13.1 Å². The fraction of sp³-hybridized carbons (Fsp3) is 0.273. The first-order valence-electron chi connectivity index (χ1n) is 5.47. The quantitative estimate of drug-likeness (QED) is 0.877. The number of benzene rings is 1. The Labute approximate surface area is 107 Å². The molecule has 0 amide bonds. The van der Waals surface area contributed by atoms with Crippen LogP contribution >= 0.6 is 11.8 Å². The topological polar surface area (TPSA) is 76.7 Å². The average Bonchev–Trinajstić information content (AvgIpc) is 2.72. The maximum atomic E-state index is 13.8. The van der Waals surface area contributed by atoms with Gasteiger partial charge in [0.15, 0.2) is 5.16 Å². The first-order valence-corrected chi connectivity index (χ1v) is 6.29. The molecule has 2 rings (SSSR count). The van der Waals surface area contributed by atoms with Gasteiger partial charge in [0.2, 0.25) is 0 Å². The molecule has 0 saturated carbocycles. The van der Waals surface area contributed by atoms with Gasteiger partial charge in [-0.3, -0.25) is 4.57 Å². The van der Waals surface area contributed by atoms with Crippen LogP contribution in [0.3, 0.4) is 0 Å². The van der Waals surface area contributed by atoms with Crippen molar-refractivity contribution in [3.8, 4) is 0 Å². The Morgan fingerprint density at radius 1 is 1.56 bits per heavy atom. The van der Waals surface area contributed by atoms with Crippen molar-refractivity contribution in [2.75, 3.05) is 0 Å². The zero-order valence-corrected chi connectivity index (χ0v) is 10.6. The van der Waals surface area contributed by atoms with E-state index < -0.39 is 0 Å². The van der Waals surface area contributed by atoms with Crippen LogP contribution in [0.4, 0.5) is 4.39 Å². The van der Waals surface area contributed by atoms with Gasteiger partial charge in [-0.15, -0.1) is 5.10 Å². The molecule has 18 heavy (non-hydrogen) atoms. The molecule has 0 atom stereocenters. The summed E-state index contributed by atoms with van der Waals surface area (Å²) in [5.41, 5.74) is 5.96. The number of nitrogens with one attached hydrogen (secondary N) is 1. The van der Waals surface area contributed by atoms with Crippen LogP contribution in [-0.4, -0.2) is 14.8 Å². The van der Waals surface area contributed by atoms with E-state index in [4.69, 9.17) is 5.73 Å². The molecule has 0 unspecified atom stereocenters. The van der Waals surface area contributed by atoms with Crippen molar-refractivity contribution in [2.24, 2.45) is 5.73 Å². The number of nitrogens with zero attached hydrogens (tertiary/aromatic N) is 2. The van der Waals surface area contributed by atoms with E-state index >= 15 is 0 Å². The van der Waals surface area contributed by atoms with E-state index in [9.17, 15) is 9.18 Å². The van der Waals surface area contributed by atoms with E-state index in [1.807, 2.05) is 6.92 Å². The highest BCUT2D eigenvalue weighted by Gasteiger charge is 2.14. The normalized spacial score (nSPS) is 10.8. The monoisotopic (exact) mass is 268 g/mol. The van der Waals surface area contributed by atoms with Crippen molar-refractivity contribution in [3.63, 3.8) is 0 Å². The minimum Gasteiger partial charge on any atom is -0.326 e. The molecule has 96 valence electrons. The van der Waals surface area contributed by atoms with Gasteiger partial charge in [-0.25, -0.2) is 14.3 Å². The van der Waals surface area contributed by atoms with Gasteiger partial charge in [-0.05, 0) is 30.3 Å². The Hall–Kier alpha value is -1.60. The Balaban J connectivity index is 2.42. The Morgan fingerprint density at radius 2 is 2.33 bits per heavy atom. The molecule has 3 N–H and O–H groups in total. The molecule has 0 bridgehead atoms. The van der Waals surface area contributed by atoms with E-state index in [1.165, 1.54) is 10.6 Å². The lowest BCUT2D eigenvalue weighted by Crippen LogP contribution is -2.16. The zero-order chi connectivity index (χ0) is 13.1. The fourth-order valence-corrected chi connectivity index (χ4v) is 2.62. The lowest BCUT2D eigenvalue weighted by atomic mass is 10.2. The molecule has 1 aromatic heterocycles. The summed E-state index contributed by atoms with van der Waals surface area (Å²) in [5, 5.41) is 6.66. The Morgan fingerprint density at radius 3 is 3.00 bits per heavy atom. The maximum absolute atomic E-state index is 13.8. The number of nitrogens with two attached hydrogens (primary N) is 1. The highest BCUT2D eigenvalue weighted by molar-refractivity contribution is 7.99. The molecule has 0 radical (unpaired) electrons. The van der Waals surface area contributed by atoms with Crippen LogP contribution in [0, 0.1) is 5.82 Å². The maximum Gasteiger partial charge on any atom is 0.343 e. The van der Waals surface area contributed by atoms with Crippen molar-refractivity contribution in [3.05, 3.63) is 40.1 Å². The first kappa shape index (κ1) is 12.8. The van der Waals surface area contributed by atoms with Crippen molar-refractivity contribution < 1.29 is 4.39 Å². The van der Waals surface area contributed by atoms with E-state index in [1.54, 1.807) is 12.1 Å². The number of aromatic amines is 1. The number of hydrogen-bond acceptors (Lipinski definition) is 4. The number of halogens is 1. The summed E-state index contributed by atoms with van der Waals surface area (Å²) in [7, 11) is 0. The standard InChI is InChI=1S/C11H13FN4OS/c1-2-16-10(17)14-15-11(16)18-9-7(6-13)4-3-5-8(9)12/h3-5H,2,6,13H2,1H3,(H,14,17). The largest absolute Gasteiger partial charge is 0.343 e. The third-order valence-corrected chi connectivity index (χ3v) is 3.66. The zero-order valence-electron chi connectivity index (χ0n) is 9.81. The molecule has 5 nitrogen and oxygen atoms in total. The number of H-pyrrole nitrogens is 1. The minimum atomic E-state index is -0.360. The molecular weight excluding hydrogens is 255 g/mol. The molecule has 0 fully saturated rings. The van der Waals surface area contributed by atoms with E-state index in [0.29, 0.717) is 22.2 Å². The van der Waals surface area contributed by atoms with Crippen LogP contribution in [0.2, 0.25) is 0 Å². The number of aromatic nitrogens is 3. The van der Waals surface area contributed by atoms with Gasteiger partial charge < -0.3 is 5.73 Å². The van der Waals surface area contributed by atoms with Crippen molar-refractivity contribution in [2.45, 2.75) is 30.1 Å². The van der Waals surface area contributed by atoms with Crippen LogP contribution < -0.4 is 11.4 Å².